The number of ketones is 3. The molecule has 1 aliphatic heterocycles. The van der Waals surface area contributed by atoms with Crippen LogP contribution >= 0.6 is 21.6 Å². The molecule has 3 heterocycles. The number of carbonyl (C=O) groups is 15. The number of nitrogens with two attached hydrogens (primary N) is 3. The van der Waals surface area contributed by atoms with Gasteiger partial charge in [-0.1, -0.05) is 116 Å². The number of nitrogen functional groups attached to an aromatic ring is 1. The number of benzene rings is 4. The van der Waals surface area contributed by atoms with Crippen molar-refractivity contribution in [2.24, 2.45) is 51.0 Å². The van der Waals surface area contributed by atoms with Gasteiger partial charge in [-0.25, -0.2) is 33.9 Å². The van der Waals surface area contributed by atoms with E-state index in [9.17, 15) is 103 Å². The van der Waals surface area contributed by atoms with E-state index in [1.165, 1.54) is 60.3 Å². The number of carboxylic acid groups (broad SMARTS) is 4. The smallest absolute Gasteiger partial charge is 0.481 e. The molecule has 3 fully saturated rings. The summed E-state index contributed by atoms with van der Waals surface area (Å²) in [5.74, 6) is -19.9. The van der Waals surface area contributed by atoms with Gasteiger partial charge in [0.2, 0.25) is 17.8 Å². The van der Waals surface area contributed by atoms with Crippen LogP contribution in [0.15, 0.2) is 142 Å². The first-order valence-electron chi connectivity index (χ1n) is 42.2. The number of aliphatic imine (C=N–C) groups is 1. The third-order valence-corrected chi connectivity index (χ3v) is 26.1. The second-order valence-corrected chi connectivity index (χ2v) is 35.6. The molecule has 4 aliphatic rings. The van der Waals surface area contributed by atoms with Gasteiger partial charge < -0.3 is 103 Å². The first-order valence-corrected chi connectivity index (χ1v) is 44.7. The van der Waals surface area contributed by atoms with Gasteiger partial charge in [-0.3, -0.25) is 62.7 Å². The van der Waals surface area contributed by atoms with Crippen LogP contribution in [0.25, 0.3) is 11.2 Å². The molecule has 132 heavy (non-hydrogen) atoms. The Hall–Kier alpha value is -13.3. The maximum Gasteiger partial charge on any atom is 0.508 e. The lowest BCUT2D eigenvalue weighted by Gasteiger charge is -2.67. The monoisotopic (exact) mass is 1870 g/mol. The number of carbonyl (C=O) groups excluding carboxylic acids is 11. The molecule has 2 bridgehead atoms. The van der Waals surface area contributed by atoms with Crippen LogP contribution in [0.2, 0.25) is 0 Å². The van der Waals surface area contributed by atoms with Crippen molar-refractivity contribution in [2.75, 3.05) is 42.3 Å². The van der Waals surface area contributed by atoms with Gasteiger partial charge in [0.15, 0.2) is 34.6 Å². The minimum Gasteiger partial charge on any atom is -0.481 e. The molecule has 6 aromatic rings. The number of aromatic nitrogens is 4. The van der Waals surface area contributed by atoms with Crippen LogP contribution in [0.5, 0.6) is 0 Å². The summed E-state index contributed by atoms with van der Waals surface area (Å²) in [6.07, 6.45) is -12.1. The van der Waals surface area contributed by atoms with Gasteiger partial charge in [0.1, 0.15) is 53.7 Å². The number of amides is 4. The number of hydrogen-bond acceptors (Lipinski definition) is 32. The fraction of sp³-hybridized carbons (Fsp3) is 0.461. The highest BCUT2D eigenvalue weighted by atomic mass is 33.1. The molecule has 43 heteroatoms. The second-order valence-electron chi connectivity index (χ2n) is 32.8. The normalized spacial score (nSPS) is 21.9. The lowest BCUT2D eigenvalue weighted by molar-refractivity contribution is -0.345. The standard InChI is InChI=1S/C49H55NO14.C40H52N12O14S2/c1-8-59-45(57)62-34-24-35-48(26-60-35,64-29(4)51)39-41(63-43(55)32-22-16-11-17-23-32)49(58)25-33(27(2)36(46(49,5)6)28(3)40(53)47(34,39)7)61-44(56)38(52)37(30-18-12-9-13-19-30)50-42(54)31-20-14-10-15-21-31;1-2-67-68-18-27(38(65)66)50-35(61)21(15-30(57)58)13-28(54)25(4-3-11-44-39(41)42)48-34(60)20(14-29(55)56)12-24(53)9-10-26(37(63)64)49-33(59)19-5-7-22(8-6-19)45-16-23-17-46-32-31(47-23)36(62)52-40(43)51-32/h9-23,28,33-35,37-39,41,52,58H,8,24-26H2,1-7H3,(H,50,54);5-8,17,20-21,25-27,45H,2-4,9-16,18H2,1H3,(H,48,60)(H,49,59)(H,50,61)(H,55,56)(H,57,58)(H,63,64)(H,65,66)(H4,41,42,44)(H3,43,46,51,52,62)/t28-,33+,34+,35-,37+,38-,39?,41+,47-,48+,49-;20-,21-,25-,26-,27-/m10/s1. The summed E-state index contributed by atoms with van der Waals surface area (Å²) in [5, 5.41) is 77.0. The molecule has 4 amide bonds. The zero-order valence-electron chi connectivity index (χ0n) is 73.4. The van der Waals surface area contributed by atoms with Gasteiger partial charge in [-0.05, 0) is 105 Å². The number of Topliss-reactive ketones (excluding diaryl/α,β-unsaturated/α-hetero) is 3. The number of carboxylic acids is 4. The lowest BCUT2D eigenvalue weighted by Crippen LogP contribution is -2.81. The van der Waals surface area contributed by atoms with Crippen LogP contribution in [0, 0.1) is 34.5 Å². The Kier molecular flexibility index (Phi) is 35.3. The highest BCUT2D eigenvalue weighted by Crippen LogP contribution is 2.66. The molecule has 4 aromatic carbocycles. The molecule has 708 valence electrons. The summed E-state index contributed by atoms with van der Waals surface area (Å²) in [7, 11) is 2.48. The van der Waals surface area contributed by atoms with Crippen LogP contribution in [0.3, 0.4) is 0 Å². The summed E-state index contributed by atoms with van der Waals surface area (Å²) >= 11 is 0. The maximum absolute atomic E-state index is 15.7. The molecule has 0 radical (unpaired) electrons. The summed E-state index contributed by atoms with van der Waals surface area (Å²) in [4.78, 5) is 229. The first-order chi connectivity index (χ1) is 62.5. The molecule has 0 spiro atoms. The van der Waals surface area contributed by atoms with Crippen molar-refractivity contribution in [2.45, 2.75) is 192 Å². The molecule has 1 unspecified atom stereocenters. The molecule has 41 nitrogen and oxygen atoms in total. The fourth-order valence-electron chi connectivity index (χ4n) is 17.1. The minimum absolute atomic E-state index is 0.0186. The zero-order chi connectivity index (χ0) is 96.9. The number of H-pyrrole nitrogens is 1. The first kappa shape index (κ1) is 102. The van der Waals surface area contributed by atoms with E-state index in [2.05, 4.69) is 51.5 Å². The number of fused-ring (bicyclic) bond motifs is 6. The van der Waals surface area contributed by atoms with E-state index in [4.69, 9.17) is 45.6 Å². The van der Waals surface area contributed by atoms with Crippen LogP contribution in [-0.2, 0) is 87.7 Å². The number of aliphatic carboxylic acids is 4. The molecule has 2 aromatic heterocycles. The third-order valence-electron chi connectivity index (χ3n) is 23.6. The fourth-order valence-corrected chi connectivity index (χ4v) is 18.9. The maximum atomic E-state index is 15.7. The largest absolute Gasteiger partial charge is 0.508 e. The number of hydrogen-bond donors (Lipinski definition) is 15. The predicted octanol–water partition coefficient (Wildman–Crippen LogP) is 5.10. The van der Waals surface area contributed by atoms with Crippen molar-refractivity contribution in [1.29, 1.82) is 0 Å². The summed E-state index contributed by atoms with van der Waals surface area (Å²) in [6, 6.07) is 24.7. The Morgan fingerprint density at radius 2 is 1.30 bits per heavy atom. The number of ether oxygens (including phenoxy) is 6. The average molecular weight is 1870 g/mol. The van der Waals surface area contributed by atoms with Gasteiger partial charge in [0, 0.05) is 85.2 Å². The molecule has 1 saturated heterocycles. The Bertz CT molecular complexity index is 5400. The summed E-state index contributed by atoms with van der Waals surface area (Å²) < 4.78 is 36.0. The van der Waals surface area contributed by atoms with Crippen molar-refractivity contribution in [3.63, 3.8) is 0 Å². The van der Waals surface area contributed by atoms with Crippen molar-refractivity contribution in [3.05, 3.63) is 171 Å². The average Bonchev–Trinajstić information content (AvgIpc) is 0.666. The number of aliphatic hydroxyl groups excluding tert-OH is 1. The number of anilines is 2. The topological polar surface area (TPSA) is 655 Å². The van der Waals surface area contributed by atoms with Crippen molar-refractivity contribution in [3.8, 4) is 0 Å². The molecular formula is C89H107N13O28S2. The van der Waals surface area contributed by atoms with Crippen LogP contribution in [-0.4, -0.2) is 237 Å². The molecule has 18 N–H and O–H groups in total. The number of aliphatic hydroxyl groups is 2. The zero-order valence-corrected chi connectivity index (χ0v) is 75.0. The van der Waals surface area contributed by atoms with Gasteiger partial charge >= 0.3 is 47.9 Å². The van der Waals surface area contributed by atoms with E-state index in [-0.39, 0.29) is 91.1 Å². The summed E-state index contributed by atoms with van der Waals surface area (Å²) in [6.45, 7) is 12.6. The number of rotatable bonds is 42. The number of esters is 3. The van der Waals surface area contributed by atoms with Crippen molar-refractivity contribution in [1.82, 2.24) is 41.2 Å². The van der Waals surface area contributed by atoms with E-state index in [0.29, 0.717) is 33.8 Å². The summed E-state index contributed by atoms with van der Waals surface area (Å²) in [5.41, 5.74) is 11.0. The minimum atomic E-state index is -2.26. The SMILES string of the molecule is CCOC(=O)O[C@H]1C[C@H]2OC[C@@]2(OC(C)=O)C2[C@H](OC(=O)c3ccccc3)[C@]3(O)C[C@H](OC(=O)[C@H](O)[C@@H](NC(=O)c4ccccc4)c4ccccc4)C(C)=C([C@@H](C)C(=O)[C@@]21C)C3(C)C.CCSSC[C@H](NC(=O)[C@H](CC(=O)O)CC(=O)[C@H](CCCN=C(N)N)NC(=O)[C@H](CC(=O)O)CC(=O)CC[C@H](NC(=O)c1ccc(NCc2cnc3nc(N)[nH]c(=O)c3n2)cc1)C(=O)O)C(=O)O. The Labute approximate surface area is 763 Å². The lowest BCUT2D eigenvalue weighted by atomic mass is 9.43. The number of nitrogens with zero attached hydrogens (tertiary/aromatic N) is 4. The number of aromatic amines is 1. The quantitative estimate of drug-likeness (QED) is 0.00451. The molecule has 3 aliphatic carbocycles. The van der Waals surface area contributed by atoms with Crippen molar-refractivity contribution < 1.29 is 131 Å². The van der Waals surface area contributed by atoms with E-state index in [0.717, 1.165) is 10.8 Å². The Morgan fingerprint density at radius 3 is 1.87 bits per heavy atom. The Balaban J connectivity index is 0.000000297. The van der Waals surface area contributed by atoms with Gasteiger partial charge in [-0.15, -0.1) is 0 Å². The Morgan fingerprint density at radius 1 is 0.705 bits per heavy atom. The van der Waals surface area contributed by atoms with Gasteiger partial charge in [0.25, 0.3) is 17.4 Å². The van der Waals surface area contributed by atoms with Gasteiger partial charge in [0.05, 0.1) is 85.3 Å². The predicted molar refractivity (Wildman–Crippen MR) is 474 cm³/mol. The molecule has 16 atom stereocenters. The van der Waals surface area contributed by atoms with E-state index >= 15 is 4.79 Å². The highest BCUT2D eigenvalue weighted by molar-refractivity contribution is 8.76. The number of guanidine groups is 1. The molecular weight excluding hydrogens is 1760 g/mol. The van der Waals surface area contributed by atoms with Crippen LogP contribution < -0.4 is 49.3 Å². The van der Waals surface area contributed by atoms with E-state index in [1.807, 2.05) is 6.92 Å². The van der Waals surface area contributed by atoms with Gasteiger partial charge in [-0.2, -0.15) is 4.98 Å². The molecule has 10 rings (SSSR count). The highest BCUT2D eigenvalue weighted by Gasteiger charge is 2.78. The van der Waals surface area contributed by atoms with E-state index in [1.54, 1.807) is 120 Å². The van der Waals surface area contributed by atoms with E-state index < -0.39 is 240 Å². The van der Waals surface area contributed by atoms with Crippen molar-refractivity contribution >= 4 is 139 Å². The number of nitrogens with one attached hydrogen (secondary N) is 6. The van der Waals surface area contributed by atoms with Crippen LogP contribution in [0.1, 0.15) is 168 Å². The second kappa shape index (κ2) is 45.5. The molecule has 2 saturated carbocycles. The third kappa shape index (κ3) is 25.1. The van der Waals surface area contributed by atoms with Crippen LogP contribution in [0.4, 0.5) is 16.4 Å².